The number of aliphatic hydroxyl groups excluding tert-OH is 1. The van der Waals surface area contributed by atoms with E-state index in [1.54, 1.807) is 0 Å². The Labute approximate surface area is 121 Å². The number of hydrogen-bond acceptors (Lipinski definition) is 3. The Morgan fingerprint density at radius 3 is 3.00 bits per heavy atom. The molecule has 0 amide bonds. The quantitative estimate of drug-likeness (QED) is 0.753. The van der Waals surface area contributed by atoms with E-state index in [9.17, 15) is 0 Å². The van der Waals surface area contributed by atoms with E-state index >= 15 is 0 Å². The molecule has 2 rings (SSSR count). The first-order chi connectivity index (χ1) is 9.22. The Kier molecular flexibility index (Phi) is 5.74. The highest BCUT2D eigenvalue weighted by molar-refractivity contribution is 7.99. The van der Waals surface area contributed by atoms with Crippen molar-refractivity contribution in [2.45, 2.75) is 32.7 Å². The zero-order valence-corrected chi connectivity index (χ0v) is 12.8. The minimum absolute atomic E-state index is 0.312. The van der Waals surface area contributed by atoms with Crippen LogP contribution < -0.4 is 5.32 Å². The van der Waals surface area contributed by atoms with Gasteiger partial charge in [0, 0.05) is 24.9 Å². The fourth-order valence-corrected chi connectivity index (χ4v) is 3.63. The van der Waals surface area contributed by atoms with Gasteiger partial charge in [-0.3, -0.25) is 0 Å². The first-order valence-electron chi connectivity index (χ1n) is 7.24. The van der Waals surface area contributed by atoms with Crippen LogP contribution in [0.3, 0.4) is 0 Å². The normalized spacial score (nSPS) is 21.6. The number of hydrogen-bond donors (Lipinski definition) is 2. The number of aliphatic hydroxyl groups is 1. The lowest BCUT2D eigenvalue weighted by molar-refractivity contribution is 0.296. The van der Waals surface area contributed by atoms with Crippen molar-refractivity contribution in [3.05, 3.63) is 34.9 Å². The molecule has 0 fully saturated rings. The molecule has 0 heterocycles. The maximum Gasteiger partial charge on any atom is 0.0438 e. The number of nitrogens with one attached hydrogen (secondary N) is 1. The van der Waals surface area contributed by atoms with E-state index in [-0.39, 0.29) is 0 Å². The van der Waals surface area contributed by atoms with Crippen molar-refractivity contribution < 1.29 is 5.11 Å². The van der Waals surface area contributed by atoms with Crippen molar-refractivity contribution >= 4 is 11.8 Å². The van der Waals surface area contributed by atoms with E-state index in [4.69, 9.17) is 5.11 Å². The average molecular weight is 279 g/mol. The number of thioether (sulfide) groups is 1. The van der Waals surface area contributed by atoms with Gasteiger partial charge < -0.3 is 10.4 Å². The standard InChI is InChI=1S/C16H25NOS/c1-12-4-5-14-11-13(2)16(15(14)10-12)17-6-9-19-8-3-7-18/h4-5,10,13,16-18H,3,6-9,11H2,1-2H3. The Morgan fingerprint density at radius 1 is 1.37 bits per heavy atom. The highest BCUT2D eigenvalue weighted by Crippen LogP contribution is 2.36. The van der Waals surface area contributed by atoms with Crippen LogP contribution >= 0.6 is 11.8 Å². The minimum Gasteiger partial charge on any atom is -0.396 e. The molecular formula is C16H25NOS. The van der Waals surface area contributed by atoms with Gasteiger partial charge in [-0.05, 0) is 42.6 Å². The van der Waals surface area contributed by atoms with Crippen LogP contribution in [-0.2, 0) is 6.42 Å². The van der Waals surface area contributed by atoms with Gasteiger partial charge in [-0.1, -0.05) is 30.7 Å². The second-order valence-electron chi connectivity index (χ2n) is 5.51. The highest BCUT2D eigenvalue weighted by atomic mass is 32.2. The van der Waals surface area contributed by atoms with Gasteiger partial charge in [0.05, 0.1) is 0 Å². The summed E-state index contributed by atoms with van der Waals surface area (Å²) in [6, 6.07) is 7.38. The van der Waals surface area contributed by atoms with E-state index in [0.29, 0.717) is 18.6 Å². The molecular weight excluding hydrogens is 254 g/mol. The van der Waals surface area contributed by atoms with Crippen molar-refractivity contribution in [3.63, 3.8) is 0 Å². The van der Waals surface area contributed by atoms with E-state index in [2.05, 4.69) is 37.4 Å². The second-order valence-corrected chi connectivity index (χ2v) is 6.73. The van der Waals surface area contributed by atoms with E-state index in [1.165, 1.54) is 23.1 Å². The molecule has 1 aliphatic carbocycles. The van der Waals surface area contributed by atoms with Crippen molar-refractivity contribution in [3.8, 4) is 0 Å². The molecule has 0 saturated carbocycles. The Hall–Kier alpha value is -0.510. The summed E-state index contributed by atoms with van der Waals surface area (Å²) in [5.41, 5.74) is 4.38. The number of benzene rings is 1. The molecule has 0 bridgehead atoms. The van der Waals surface area contributed by atoms with Crippen LogP contribution in [0, 0.1) is 12.8 Å². The topological polar surface area (TPSA) is 32.3 Å². The van der Waals surface area contributed by atoms with E-state index in [0.717, 1.165) is 24.5 Å². The van der Waals surface area contributed by atoms with Crippen LogP contribution in [-0.4, -0.2) is 29.8 Å². The summed E-state index contributed by atoms with van der Waals surface area (Å²) in [7, 11) is 0. The molecule has 0 aromatic heterocycles. The van der Waals surface area contributed by atoms with Crippen LogP contribution in [0.25, 0.3) is 0 Å². The van der Waals surface area contributed by atoms with Gasteiger partial charge >= 0.3 is 0 Å². The van der Waals surface area contributed by atoms with Gasteiger partial charge in [-0.15, -0.1) is 0 Å². The third-order valence-corrected chi connectivity index (χ3v) is 4.87. The summed E-state index contributed by atoms with van der Waals surface area (Å²) in [6.45, 7) is 5.88. The summed E-state index contributed by atoms with van der Waals surface area (Å²) >= 11 is 1.92. The SMILES string of the molecule is Cc1ccc2c(c1)C(NCCSCCCO)C(C)C2. The molecule has 0 saturated heterocycles. The molecule has 2 atom stereocenters. The smallest absolute Gasteiger partial charge is 0.0438 e. The van der Waals surface area contributed by atoms with Gasteiger partial charge in [0.1, 0.15) is 0 Å². The van der Waals surface area contributed by atoms with E-state index in [1.807, 2.05) is 11.8 Å². The van der Waals surface area contributed by atoms with E-state index < -0.39 is 0 Å². The van der Waals surface area contributed by atoms with Crippen LogP contribution in [0.4, 0.5) is 0 Å². The predicted octanol–water partition coefficient (Wildman–Crippen LogP) is 2.93. The van der Waals surface area contributed by atoms with Gasteiger partial charge in [0.2, 0.25) is 0 Å². The van der Waals surface area contributed by atoms with Crippen molar-refractivity contribution in [2.75, 3.05) is 24.7 Å². The van der Waals surface area contributed by atoms with Crippen LogP contribution in [0.2, 0.25) is 0 Å². The molecule has 1 aromatic carbocycles. The number of fused-ring (bicyclic) bond motifs is 1. The molecule has 1 aliphatic rings. The third kappa shape index (κ3) is 3.98. The molecule has 0 spiro atoms. The molecule has 3 heteroatoms. The third-order valence-electron chi connectivity index (χ3n) is 3.80. The average Bonchev–Trinajstić information content (AvgIpc) is 2.69. The van der Waals surface area contributed by atoms with Crippen LogP contribution in [0.5, 0.6) is 0 Å². The lowest BCUT2D eigenvalue weighted by atomic mass is 10.0. The van der Waals surface area contributed by atoms with Gasteiger partial charge in [-0.25, -0.2) is 0 Å². The lowest BCUT2D eigenvalue weighted by Crippen LogP contribution is -2.26. The zero-order valence-electron chi connectivity index (χ0n) is 12.0. The van der Waals surface area contributed by atoms with Gasteiger partial charge in [0.15, 0.2) is 0 Å². The zero-order chi connectivity index (χ0) is 13.7. The molecule has 2 nitrogen and oxygen atoms in total. The largest absolute Gasteiger partial charge is 0.396 e. The summed E-state index contributed by atoms with van der Waals surface area (Å²) in [6.07, 6.45) is 2.11. The lowest BCUT2D eigenvalue weighted by Gasteiger charge is -2.19. The fraction of sp³-hybridized carbons (Fsp3) is 0.625. The second kappa shape index (κ2) is 7.32. The van der Waals surface area contributed by atoms with Crippen molar-refractivity contribution in [1.82, 2.24) is 5.32 Å². The summed E-state index contributed by atoms with van der Waals surface area (Å²) < 4.78 is 0. The molecule has 0 radical (unpaired) electrons. The molecule has 2 N–H and O–H groups in total. The summed E-state index contributed by atoms with van der Waals surface area (Å²) in [5, 5.41) is 12.4. The molecule has 19 heavy (non-hydrogen) atoms. The van der Waals surface area contributed by atoms with Gasteiger partial charge in [0.25, 0.3) is 0 Å². The molecule has 0 aliphatic heterocycles. The Morgan fingerprint density at radius 2 is 2.21 bits per heavy atom. The van der Waals surface area contributed by atoms with Crippen molar-refractivity contribution in [2.24, 2.45) is 5.92 Å². The maximum absolute atomic E-state index is 8.74. The number of aryl methyl sites for hydroxylation is 1. The summed E-state index contributed by atoms with van der Waals surface area (Å²) in [4.78, 5) is 0. The molecule has 2 unspecified atom stereocenters. The maximum atomic E-state index is 8.74. The predicted molar refractivity (Wildman–Crippen MR) is 83.8 cm³/mol. The van der Waals surface area contributed by atoms with Crippen molar-refractivity contribution in [1.29, 1.82) is 0 Å². The monoisotopic (exact) mass is 279 g/mol. The van der Waals surface area contributed by atoms with Crippen LogP contribution in [0.1, 0.15) is 36.1 Å². The molecule has 1 aromatic rings. The van der Waals surface area contributed by atoms with Gasteiger partial charge in [-0.2, -0.15) is 11.8 Å². The Bertz CT molecular complexity index is 408. The number of rotatable bonds is 7. The Balaban J connectivity index is 1.82. The fourth-order valence-electron chi connectivity index (χ4n) is 2.83. The molecule has 106 valence electrons. The first-order valence-corrected chi connectivity index (χ1v) is 8.39. The first kappa shape index (κ1) is 14.9. The highest BCUT2D eigenvalue weighted by Gasteiger charge is 2.28. The minimum atomic E-state index is 0.312. The summed E-state index contributed by atoms with van der Waals surface area (Å²) in [5.74, 6) is 2.89. The van der Waals surface area contributed by atoms with Crippen LogP contribution in [0.15, 0.2) is 18.2 Å².